The number of nitrogens with zero attached hydrogens (tertiary/aromatic N) is 1. The zero-order valence-corrected chi connectivity index (χ0v) is 14.1. The SMILES string of the molecule is Cc1ccc(C2OC[C@]3(CO)CO[C@@H](c4ccc(C)cc4)N23)cc1. The van der Waals surface area contributed by atoms with Gasteiger partial charge in [-0.25, -0.2) is 4.90 Å². The lowest BCUT2D eigenvalue weighted by Gasteiger charge is -2.33. The van der Waals surface area contributed by atoms with Gasteiger partial charge < -0.3 is 14.6 Å². The van der Waals surface area contributed by atoms with E-state index in [-0.39, 0.29) is 19.1 Å². The summed E-state index contributed by atoms with van der Waals surface area (Å²) in [7, 11) is 0. The van der Waals surface area contributed by atoms with Crippen LogP contribution in [-0.2, 0) is 9.47 Å². The second kappa shape index (κ2) is 5.97. The van der Waals surface area contributed by atoms with Crippen LogP contribution in [0.3, 0.4) is 0 Å². The molecular weight excluding hydrogens is 302 g/mol. The summed E-state index contributed by atoms with van der Waals surface area (Å²) in [4.78, 5) is 2.20. The van der Waals surface area contributed by atoms with Gasteiger partial charge in [0.05, 0.1) is 25.4 Å². The summed E-state index contributed by atoms with van der Waals surface area (Å²) in [5, 5.41) is 10.0. The average Bonchev–Trinajstić information content (AvgIpc) is 3.14. The second-order valence-corrected chi connectivity index (χ2v) is 6.94. The van der Waals surface area contributed by atoms with E-state index in [2.05, 4.69) is 67.3 Å². The Bertz CT molecular complexity index is 653. The van der Waals surface area contributed by atoms with Crippen molar-refractivity contribution in [3.8, 4) is 0 Å². The number of ether oxygens (including phenoxy) is 2. The smallest absolute Gasteiger partial charge is 0.139 e. The van der Waals surface area contributed by atoms with E-state index in [4.69, 9.17) is 9.47 Å². The normalized spacial score (nSPS) is 29.8. The fraction of sp³-hybridized carbons (Fsp3) is 0.400. The lowest BCUT2D eigenvalue weighted by atomic mass is 10.0. The van der Waals surface area contributed by atoms with Crippen LogP contribution in [0.2, 0.25) is 0 Å². The molecule has 0 amide bonds. The van der Waals surface area contributed by atoms with Crippen LogP contribution >= 0.6 is 0 Å². The number of rotatable bonds is 3. The lowest BCUT2D eigenvalue weighted by Crippen LogP contribution is -2.47. The van der Waals surface area contributed by atoms with Crippen molar-refractivity contribution in [2.45, 2.75) is 31.8 Å². The summed E-state index contributed by atoms with van der Waals surface area (Å²) in [6.07, 6.45) is -0.405. The first-order valence-corrected chi connectivity index (χ1v) is 8.39. The van der Waals surface area contributed by atoms with Gasteiger partial charge in [0.25, 0.3) is 0 Å². The van der Waals surface area contributed by atoms with Gasteiger partial charge >= 0.3 is 0 Å². The third-order valence-electron chi connectivity index (χ3n) is 5.09. The van der Waals surface area contributed by atoms with E-state index in [0.717, 1.165) is 11.1 Å². The predicted molar refractivity (Wildman–Crippen MR) is 91.4 cm³/mol. The molecular formula is C20H23NO3. The molecule has 2 aliphatic rings. The van der Waals surface area contributed by atoms with E-state index in [1.807, 2.05) is 0 Å². The van der Waals surface area contributed by atoms with Crippen molar-refractivity contribution >= 4 is 0 Å². The molecule has 2 heterocycles. The maximum absolute atomic E-state index is 10.0. The highest BCUT2D eigenvalue weighted by Gasteiger charge is 2.56. The van der Waals surface area contributed by atoms with E-state index in [9.17, 15) is 5.11 Å². The first-order chi connectivity index (χ1) is 11.6. The quantitative estimate of drug-likeness (QED) is 0.942. The third kappa shape index (κ3) is 2.47. The van der Waals surface area contributed by atoms with Crippen molar-refractivity contribution in [1.29, 1.82) is 0 Å². The van der Waals surface area contributed by atoms with E-state index in [0.29, 0.717) is 13.2 Å². The molecule has 2 aromatic carbocycles. The first-order valence-electron chi connectivity index (χ1n) is 8.39. The summed E-state index contributed by atoms with van der Waals surface area (Å²) in [5.74, 6) is 0. The average molecular weight is 325 g/mol. The van der Waals surface area contributed by atoms with Crippen molar-refractivity contribution in [2.24, 2.45) is 0 Å². The maximum atomic E-state index is 10.0. The van der Waals surface area contributed by atoms with Gasteiger partial charge in [0.1, 0.15) is 12.5 Å². The topological polar surface area (TPSA) is 41.9 Å². The fourth-order valence-corrected chi connectivity index (χ4v) is 3.59. The summed E-state index contributed by atoms with van der Waals surface area (Å²) in [5.41, 5.74) is 4.17. The molecule has 126 valence electrons. The minimum atomic E-state index is -0.467. The molecule has 0 bridgehead atoms. The second-order valence-electron chi connectivity index (χ2n) is 6.94. The molecule has 24 heavy (non-hydrogen) atoms. The van der Waals surface area contributed by atoms with Crippen LogP contribution in [0.15, 0.2) is 48.5 Å². The van der Waals surface area contributed by atoms with Crippen LogP contribution in [0.5, 0.6) is 0 Å². The van der Waals surface area contributed by atoms with Gasteiger partial charge in [-0.15, -0.1) is 0 Å². The van der Waals surface area contributed by atoms with Crippen molar-refractivity contribution in [1.82, 2.24) is 4.90 Å². The standard InChI is InChI=1S/C20H23NO3/c1-14-3-7-16(8-4-14)18-21-19(17-9-5-15(2)6-10-17)24-13-20(21,11-22)12-23-18/h3-10,18-19,22H,11-13H2,1-2H3/t18-,19?,20-/m0/s1. The highest BCUT2D eigenvalue weighted by molar-refractivity contribution is 5.28. The van der Waals surface area contributed by atoms with Crippen LogP contribution in [0.25, 0.3) is 0 Å². The number of benzene rings is 2. The predicted octanol–water partition coefficient (Wildman–Crippen LogP) is 3.09. The summed E-state index contributed by atoms with van der Waals surface area (Å²) in [6, 6.07) is 16.8. The van der Waals surface area contributed by atoms with Gasteiger partial charge in [-0.3, -0.25) is 0 Å². The van der Waals surface area contributed by atoms with Crippen LogP contribution in [0, 0.1) is 13.8 Å². The molecule has 2 fully saturated rings. The molecule has 0 saturated carbocycles. The van der Waals surface area contributed by atoms with Crippen molar-refractivity contribution in [3.05, 3.63) is 70.8 Å². The molecule has 0 spiro atoms. The molecule has 2 aromatic rings. The number of hydrogen-bond donors (Lipinski definition) is 1. The van der Waals surface area contributed by atoms with Gasteiger partial charge in [-0.1, -0.05) is 59.7 Å². The molecule has 0 aromatic heterocycles. The summed E-state index contributed by atoms with van der Waals surface area (Å²) >= 11 is 0. The molecule has 0 radical (unpaired) electrons. The molecule has 1 N–H and O–H groups in total. The van der Waals surface area contributed by atoms with Gasteiger partial charge in [0, 0.05) is 0 Å². The summed E-state index contributed by atoms with van der Waals surface area (Å²) in [6.45, 7) is 5.13. The summed E-state index contributed by atoms with van der Waals surface area (Å²) < 4.78 is 12.2. The Kier molecular flexibility index (Phi) is 3.93. The molecule has 2 saturated heterocycles. The van der Waals surface area contributed by atoms with Crippen LogP contribution in [-0.4, -0.2) is 35.4 Å². The Labute approximate surface area is 142 Å². The Balaban J connectivity index is 1.72. The largest absolute Gasteiger partial charge is 0.394 e. The zero-order valence-electron chi connectivity index (χ0n) is 14.1. The Morgan fingerprint density at radius 2 is 1.29 bits per heavy atom. The molecule has 4 rings (SSSR count). The van der Waals surface area contributed by atoms with Crippen LogP contribution < -0.4 is 0 Å². The zero-order chi connectivity index (χ0) is 16.7. The minimum absolute atomic E-state index is 0.0255. The van der Waals surface area contributed by atoms with Crippen molar-refractivity contribution < 1.29 is 14.6 Å². The van der Waals surface area contributed by atoms with E-state index < -0.39 is 5.54 Å². The van der Waals surface area contributed by atoms with Crippen LogP contribution in [0.4, 0.5) is 0 Å². The Morgan fingerprint density at radius 3 is 1.67 bits per heavy atom. The highest BCUT2D eigenvalue weighted by Crippen LogP contribution is 2.48. The van der Waals surface area contributed by atoms with Crippen LogP contribution in [0.1, 0.15) is 34.7 Å². The monoisotopic (exact) mass is 325 g/mol. The number of aliphatic hydroxyl groups excluding tert-OH is 1. The minimum Gasteiger partial charge on any atom is -0.394 e. The van der Waals surface area contributed by atoms with E-state index in [1.54, 1.807) is 0 Å². The maximum Gasteiger partial charge on any atom is 0.139 e. The van der Waals surface area contributed by atoms with E-state index in [1.165, 1.54) is 11.1 Å². The van der Waals surface area contributed by atoms with Crippen molar-refractivity contribution in [2.75, 3.05) is 19.8 Å². The first kappa shape index (κ1) is 15.8. The number of hydrogen-bond acceptors (Lipinski definition) is 4. The third-order valence-corrected chi connectivity index (χ3v) is 5.09. The molecule has 4 nitrogen and oxygen atoms in total. The van der Waals surface area contributed by atoms with Crippen molar-refractivity contribution in [3.63, 3.8) is 0 Å². The Hall–Kier alpha value is -1.72. The highest BCUT2D eigenvalue weighted by atomic mass is 16.6. The molecule has 1 unspecified atom stereocenters. The Morgan fingerprint density at radius 1 is 0.875 bits per heavy atom. The fourth-order valence-electron chi connectivity index (χ4n) is 3.59. The van der Waals surface area contributed by atoms with Gasteiger partial charge in [-0.2, -0.15) is 0 Å². The van der Waals surface area contributed by atoms with E-state index >= 15 is 0 Å². The van der Waals surface area contributed by atoms with Gasteiger partial charge in [-0.05, 0) is 25.0 Å². The van der Waals surface area contributed by atoms with Gasteiger partial charge in [0.2, 0.25) is 0 Å². The lowest BCUT2D eigenvalue weighted by molar-refractivity contribution is -0.0630. The number of aliphatic hydroxyl groups is 1. The molecule has 3 atom stereocenters. The number of aryl methyl sites for hydroxylation is 2. The molecule has 0 aliphatic carbocycles. The molecule has 4 heteroatoms. The van der Waals surface area contributed by atoms with Gasteiger partial charge in [0.15, 0.2) is 0 Å². The number of fused-ring (bicyclic) bond motifs is 1. The molecule has 2 aliphatic heterocycles.